The SMILES string of the molecule is CCCCCNC(=O)c1ccc(NCc2ccccc2OC)cn1. The Hall–Kier alpha value is -2.56. The fraction of sp³-hybridized carbons (Fsp3) is 0.368. The highest BCUT2D eigenvalue weighted by atomic mass is 16.5. The number of hydrogen-bond acceptors (Lipinski definition) is 4. The van der Waals surface area contributed by atoms with E-state index in [1.807, 2.05) is 30.3 Å². The molecule has 2 aromatic rings. The van der Waals surface area contributed by atoms with Gasteiger partial charge < -0.3 is 15.4 Å². The maximum absolute atomic E-state index is 12.0. The lowest BCUT2D eigenvalue weighted by Crippen LogP contribution is -2.25. The minimum atomic E-state index is -0.123. The van der Waals surface area contributed by atoms with Gasteiger partial charge in [0.2, 0.25) is 0 Å². The maximum Gasteiger partial charge on any atom is 0.269 e. The molecule has 0 unspecified atom stereocenters. The van der Waals surface area contributed by atoms with Crippen molar-refractivity contribution in [2.45, 2.75) is 32.7 Å². The molecule has 2 N–H and O–H groups in total. The number of nitrogens with zero attached hydrogens (tertiary/aromatic N) is 1. The Morgan fingerprint density at radius 3 is 2.71 bits per heavy atom. The minimum Gasteiger partial charge on any atom is -0.496 e. The fourth-order valence-corrected chi connectivity index (χ4v) is 2.35. The summed E-state index contributed by atoms with van der Waals surface area (Å²) in [6.45, 7) is 3.47. The monoisotopic (exact) mass is 327 g/mol. The molecule has 1 amide bonds. The van der Waals surface area contributed by atoms with Crippen molar-refractivity contribution < 1.29 is 9.53 Å². The third-order valence-electron chi connectivity index (χ3n) is 3.74. The first-order valence-electron chi connectivity index (χ1n) is 8.34. The fourth-order valence-electron chi connectivity index (χ4n) is 2.35. The van der Waals surface area contributed by atoms with Gasteiger partial charge in [-0.25, -0.2) is 4.98 Å². The first-order chi connectivity index (χ1) is 11.7. The summed E-state index contributed by atoms with van der Waals surface area (Å²) in [5.74, 6) is 0.725. The van der Waals surface area contributed by atoms with Gasteiger partial charge in [-0.15, -0.1) is 0 Å². The molecule has 0 fully saturated rings. The topological polar surface area (TPSA) is 63.2 Å². The third-order valence-corrected chi connectivity index (χ3v) is 3.74. The molecule has 5 nitrogen and oxygen atoms in total. The second-order valence-electron chi connectivity index (χ2n) is 5.56. The molecule has 1 aromatic heterocycles. The predicted molar refractivity (Wildman–Crippen MR) is 96.4 cm³/mol. The number of carbonyl (C=O) groups is 1. The lowest BCUT2D eigenvalue weighted by Gasteiger charge is -2.10. The van der Waals surface area contributed by atoms with E-state index in [4.69, 9.17) is 4.74 Å². The molecule has 0 saturated heterocycles. The van der Waals surface area contributed by atoms with Crippen molar-refractivity contribution in [2.75, 3.05) is 19.0 Å². The van der Waals surface area contributed by atoms with Crippen molar-refractivity contribution in [1.29, 1.82) is 0 Å². The van der Waals surface area contributed by atoms with E-state index in [-0.39, 0.29) is 5.91 Å². The van der Waals surface area contributed by atoms with Gasteiger partial charge in [-0.3, -0.25) is 4.79 Å². The van der Waals surface area contributed by atoms with Crippen LogP contribution in [0, 0.1) is 0 Å². The molecule has 24 heavy (non-hydrogen) atoms. The van der Waals surface area contributed by atoms with Crippen molar-refractivity contribution >= 4 is 11.6 Å². The number of amides is 1. The lowest BCUT2D eigenvalue weighted by molar-refractivity contribution is 0.0948. The van der Waals surface area contributed by atoms with E-state index in [9.17, 15) is 4.79 Å². The molecule has 0 radical (unpaired) electrons. The van der Waals surface area contributed by atoms with E-state index in [2.05, 4.69) is 22.5 Å². The molecule has 0 spiro atoms. The third kappa shape index (κ3) is 5.26. The lowest BCUT2D eigenvalue weighted by atomic mass is 10.2. The second kappa shape index (κ2) is 9.55. The Morgan fingerprint density at radius 2 is 2.00 bits per heavy atom. The summed E-state index contributed by atoms with van der Waals surface area (Å²) in [6, 6.07) is 11.5. The number of carbonyl (C=O) groups excluding carboxylic acids is 1. The average Bonchev–Trinajstić information content (AvgIpc) is 2.64. The zero-order valence-electron chi connectivity index (χ0n) is 14.3. The van der Waals surface area contributed by atoms with Crippen molar-refractivity contribution in [3.05, 3.63) is 53.9 Å². The Bertz CT molecular complexity index is 641. The largest absolute Gasteiger partial charge is 0.496 e. The van der Waals surface area contributed by atoms with E-state index >= 15 is 0 Å². The summed E-state index contributed by atoms with van der Waals surface area (Å²) >= 11 is 0. The average molecular weight is 327 g/mol. The molecule has 0 aliphatic rings. The number of unbranched alkanes of at least 4 members (excludes halogenated alkanes) is 2. The van der Waals surface area contributed by atoms with Crippen molar-refractivity contribution in [3.63, 3.8) is 0 Å². The van der Waals surface area contributed by atoms with Crippen LogP contribution in [0.3, 0.4) is 0 Å². The summed E-state index contributed by atoms with van der Waals surface area (Å²) in [6.07, 6.45) is 4.94. The second-order valence-corrected chi connectivity index (χ2v) is 5.56. The van der Waals surface area contributed by atoms with Crippen LogP contribution >= 0.6 is 0 Å². The molecule has 0 aliphatic heterocycles. The molecular weight excluding hydrogens is 302 g/mol. The predicted octanol–water partition coefficient (Wildman–Crippen LogP) is 3.62. The minimum absolute atomic E-state index is 0.123. The number of pyridine rings is 1. The first kappa shape index (κ1) is 17.8. The zero-order chi connectivity index (χ0) is 17.2. The van der Waals surface area contributed by atoms with E-state index in [0.29, 0.717) is 18.8 Å². The Morgan fingerprint density at radius 1 is 1.17 bits per heavy atom. The number of rotatable bonds is 9. The first-order valence-corrected chi connectivity index (χ1v) is 8.34. The van der Waals surface area contributed by atoms with E-state index in [1.54, 1.807) is 19.4 Å². The molecular formula is C19H25N3O2. The Balaban J connectivity index is 1.86. The number of benzene rings is 1. The number of nitrogens with one attached hydrogen (secondary N) is 2. The van der Waals surface area contributed by atoms with Gasteiger partial charge in [-0.05, 0) is 24.6 Å². The van der Waals surface area contributed by atoms with Crippen LogP contribution in [-0.2, 0) is 6.54 Å². The molecule has 128 valence electrons. The molecule has 0 saturated carbocycles. The van der Waals surface area contributed by atoms with Gasteiger partial charge in [-0.2, -0.15) is 0 Å². The van der Waals surface area contributed by atoms with Gasteiger partial charge in [0.25, 0.3) is 5.91 Å². The smallest absolute Gasteiger partial charge is 0.269 e. The van der Waals surface area contributed by atoms with Gasteiger partial charge in [-0.1, -0.05) is 38.0 Å². The highest BCUT2D eigenvalue weighted by molar-refractivity contribution is 5.92. The van der Waals surface area contributed by atoms with Crippen LogP contribution in [0.5, 0.6) is 5.75 Å². The summed E-state index contributed by atoms with van der Waals surface area (Å²) < 4.78 is 5.33. The number of para-hydroxylation sites is 1. The standard InChI is InChI=1S/C19H25N3O2/c1-3-4-7-12-20-19(23)17-11-10-16(14-22-17)21-13-15-8-5-6-9-18(15)24-2/h5-6,8-11,14,21H,3-4,7,12-13H2,1-2H3,(H,20,23). The molecule has 5 heteroatoms. The molecule has 0 atom stereocenters. The van der Waals surface area contributed by atoms with Crippen molar-refractivity contribution in [1.82, 2.24) is 10.3 Å². The number of ether oxygens (including phenoxy) is 1. The van der Waals surface area contributed by atoms with Crippen LogP contribution in [0.1, 0.15) is 42.2 Å². The molecule has 0 aliphatic carbocycles. The number of methoxy groups -OCH3 is 1. The van der Waals surface area contributed by atoms with Crippen LogP contribution in [-0.4, -0.2) is 24.5 Å². The van der Waals surface area contributed by atoms with Crippen LogP contribution in [0.2, 0.25) is 0 Å². The van der Waals surface area contributed by atoms with Gasteiger partial charge in [0.05, 0.1) is 19.0 Å². The zero-order valence-corrected chi connectivity index (χ0v) is 14.3. The molecule has 0 bridgehead atoms. The van der Waals surface area contributed by atoms with Gasteiger partial charge >= 0.3 is 0 Å². The summed E-state index contributed by atoms with van der Waals surface area (Å²) in [4.78, 5) is 16.2. The normalized spacial score (nSPS) is 10.2. The Labute approximate surface area is 143 Å². The van der Waals surface area contributed by atoms with E-state index in [1.165, 1.54) is 0 Å². The molecule has 1 aromatic carbocycles. The molecule has 1 heterocycles. The van der Waals surface area contributed by atoms with Gasteiger partial charge in [0.15, 0.2) is 0 Å². The van der Waals surface area contributed by atoms with Crippen molar-refractivity contribution in [2.24, 2.45) is 0 Å². The highest BCUT2D eigenvalue weighted by Crippen LogP contribution is 2.18. The highest BCUT2D eigenvalue weighted by Gasteiger charge is 2.06. The summed E-state index contributed by atoms with van der Waals surface area (Å²) in [5.41, 5.74) is 2.37. The quantitative estimate of drug-likeness (QED) is 0.691. The molecule has 2 rings (SSSR count). The van der Waals surface area contributed by atoms with Crippen LogP contribution in [0.25, 0.3) is 0 Å². The van der Waals surface area contributed by atoms with E-state index < -0.39 is 0 Å². The van der Waals surface area contributed by atoms with Crippen LogP contribution in [0.15, 0.2) is 42.6 Å². The number of anilines is 1. The van der Waals surface area contributed by atoms with Gasteiger partial charge in [0, 0.05) is 18.7 Å². The van der Waals surface area contributed by atoms with Gasteiger partial charge in [0.1, 0.15) is 11.4 Å². The Kier molecular flexibility index (Phi) is 7.08. The maximum atomic E-state index is 12.0. The summed E-state index contributed by atoms with van der Waals surface area (Å²) in [7, 11) is 1.66. The summed E-state index contributed by atoms with van der Waals surface area (Å²) in [5, 5.41) is 6.18. The number of aromatic nitrogens is 1. The van der Waals surface area contributed by atoms with E-state index in [0.717, 1.165) is 36.3 Å². The van der Waals surface area contributed by atoms with Crippen molar-refractivity contribution in [3.8, 4) is 5.75 Å². The van der Waals surface area contributed by atoms with Crippen LogP contribution in [0.4, 0.5) is 5.69 Å². The number of hydrogen-bond donors (Lipinski definition) is 2. The van der Waals surface area contributed by atoms with Crippen LogP contribution < -0.4 is 15.4 Å².